The zero-order valence-corrected chi connectivity index (χ0v) is 13.7. The van der Waals surface area contributed by atoms with E-state index in [0.29, 0.717) is 37.4 Å². The topological polar surface area (TPSA) is 92.6 Å². The highest BCUT2D eigenvalue weighted by Gasteiger charge is 2.21. The highest BCUT2D eigenvalue weighted by molar-refractivity contribution is 6.32. The number of pyridine rings is 1. The third-order valence-corrected chi connectivity index (χ3v) is 4.40. The predicted molar refractivity (Wildman–Crippen MR) is 89.0 cm³/mol. The van der Waals surface area contributed by atoms with E-state index in [4.69, 9.17) is 11.6 Å². The molecule has 4 rings (SSSR count). The summed E-state index contributed by atoms with van der Waals surface area (Å²) >= 11 is 6.19. The lowest BCUT2D eigenvalue weighted by Crippen LogP contribution is -2.30. The minimum atomic E-state index is -0.649. The summed E-state index contributed by atoms with van der Waals surface area (Å²) in [5.41, 5.74) is -0.0444. The molecule has 0 amide bonds. The van der Waals surface area contributed by atoms with E-state index in [1.165, 1.54) is 12.3 Å². The molecule has 25 heavy (non-hydrogen) atoms. The average Bonchev–Trinajstić information content (AvgIpc) is 2.96. The number of hydrogen-bond acceptors (Lipinski definition) is 6. The van der Waals surface area contributed by atoms with Crippen LogP contribution < -0.4 is 10.5 Å². The molecular weight excluding hydrogens is 349 g/mol. The predicted octanol–water partition coefficient (Wildman–Crippen LogP) is 1.28. The van der Waals surface area contributed by atoms with Crippen molar-refractivity contribution in [2.24, 2.45) is 0 Å². The van der Waals surface area contributed by atoms with Gasteiger partial charge in [-0.05, 0) is 6.07 Å². The Balaban J connectivity index is 1.72. The van der Waals surface area contributed by atoms with Crippen LogP contribution in [0.4, 0.5) is 10.2 Å². The fourth-order valence-corrected chi connectivity index (χ4v) is 3.00. The van der Waals surface area contributed by atoms with Crippen molar-refractivity contribution in [1.29, 1.82) is 0 Å². The van der Waals surface area contributed by atoms with E-state index < -0.39 is 11.5 Å². The minimum Gasteiger partial charge on any atom is -0.353 e. The zero-order chi connectivity index (χ0) is 17.4. The van der Waals surface area contributed by atoms with Gasteiger partial charge >= 0.3 is 0 Å². The molecule has 0 bridgehead atoms. The summed E-state index contributed by atoms with van der Waals surface area (Å²) in [4.78, 5) is 24.7. The summed E-state index contributed by atoms with van der Waals surface area (Å²) in [5, 5.41) is 7.98. The Morgan fingerprint density at radius 3 is 3.00 bits per heavy atom. The fourth-order valence-electron chi connectivity index (χ4n) is 2.79. The van der Waals surface area contributed by atoms with Gasteiger partial charge in [0.25, 0.3) is 5.56 Å². The van der Waals surface area contributed by atoms with E-state index in [2.05, 4.69) is 25.1 Å². The van der Waals surface area contributed by atoms with Gasteiger partial charge < -0.3 is 14.5 Å². The Morgan fingerprint density at radius 1 is 1.28 bits per heavy atom. The van der Waals surface area contributed by atoms with Crippen molar-refractivity contribution in [2.75, 3.05) is 18.0 Å². The number of fused-ring (bicyclic) bond motifs is 1. The summed E-state index contributed by atoms with van der Waals surface area (Å²) in [6.07, 6.45) is 3.65. The van der Waals surface area contributed by atoms with Gasteiger partial charge in [-0.2, -0.15) is 4.39 Å². The van der Waals surface area contributed by atoms with Crippen molar-refractivity contribution in [2.45, 2.75) is 13.0 Å². The fraction of sp³-hybridized carbons (Fsp3) is 0.267. The van der Waals surface area contributed by atoms with E-state index in [-0.39, 0.29) is 10.8 Å². The molecule has 0 radical (unpaired) electrons. The lowest BCUT2D eigenvalue weighted by Gasteiger charge is -2.22. The normalized spacial score (nSPS) is 14.2. The van der Waals surface area contributed by atoms with Crippen LogP contribution in [0.1, 0.15) is 5.82 Å². The van der Waals surface area contributed by atoms with Crippen LogP contribution in [0.5, 0.6) is 0 Å². The smallest absolute Gasteiger partial charge is 0.272 e. The third-order valence-electron chi connectivity index (χ3n) is 4.06. The van der Waals surface area contributed by atoms with Crippen LogP contribution >= 0.6 is 11.6 Å². The molecule has 4 heterocycles. The van der Waals surface area contributed by atoms with Gasteiger partial charge in [0.2, 0.25) is 5.95 Å². The molecule has 128 valence electrons. The van der Waals surface area contributed by atoms with Gasteiger partial charge in [-0.3, -0.25) is 4.79 Å². The zero-order valence-electron chi connectivity index (χ0n) is 13.0. The monoisotopic (exact) mass is 361 g/mol. The molecule has 0 fully saturated rings. The lowest BCUT2D eigenvalue weighted by atomic mass is 10.2. The summed E-state index contributed by atoms with van der Waals surface area (Å²) in [7, 11) is 0. The number of nitrogens with one attached hydrogen (secondary N) is 1. The molecule has 8 nitrogen and oxygen atoms in total. The Kier molecular flexibility index (Phi) is 3.92. The maximum absolute atomic E-state index is 13.4. The van der Waals surface area contributed by atoms with Crippen LogP contribution in [-0.4, -0.2) is 42.8 Å². The Labute approximate surface area is 146 Å². The van der Waals surface area contributed by atoms with E-state index >= 15 is 0 Å². The molecule has 0 saturated heterocycles. The molecule has 0 aromatic carbocycles. The second-order valence-corrected chi connectivity index (χ2v) is 5.97. The standard InChI is InChI=1S/C15H13ClFN7O/c16-12-14(23-4-2-11-22-19-8-24(11)6-5-23)20-13(21-15(12)25)9-1-3-18-10(17)7-9/h1,3,7-8H,2,4-6H2,(H,20,21,25). The molecule has 0 aliphatic carbocycles. The Bertz CT molecular complexity index is 964. The van der Waals surface area contributed by atoms with Crippen LogP contribution in [-0.2, 0) is 13.0 Å². The summed E-state index contributed by atoms with van der Waals surface area (Å²) in [6.45, 7) is 1.86. The van der Waals surface area contributed by atoms with Crippen molar-refractivity contribution >= 4 is 17.4 Å². The summed E-state index contributed by atoms with van der Waals surface area (Å²) < 4.78 is 15.3. The molecule has 3 aromatic heterocycles. The Hall–Kier alpha value is -2.81. The maximum atomic E-state index is 13.4. The lowest BCUT2D eigenvalue weighted by molar-refractivity contribution is 0.584. The number of aromatic amines is 1. The van der Waals surface area contributed by atoms with Gasteiger partial charge in [-0.1, -0.05) is 11.6 Å². The van der Waals surface area contributed by atoms with Crippen molar-refractivity contribution in [1.82, 2.24) is 29.7 Å². The van der Waals surface area contributed by atoms with Gasteiger partial charge in [-0.25, -0.2) is 9.97 Å². The summed E-state index contributed by atoms with van der Waals surface area (Å²) in [5.74, 6) is 0.843. The molecule has 0 atom stereocenters. The SMILES string of the molecule is O=c1[nH]c(-c2ccnc(F)c2)nc(N2CCc3nncn3CC2)c1Cl. The first kappa shape index (κ1) is 15.7. The van der Waals surface area contributed by atoms with E-state index in [1.54, 1.807) is 12.4 Å². The number of H-pyrrole nitrogens is 1. The maximum Gasteiger partial charge on any atom is 0.272 e. The average molecular weight is 362 g/mol. The van der Waals surface area contributed by atoms with Gasteiger partial charge in [0.05, 0.1) is 0 Å². The van der Waals surface area contributed by atoms with Crippen molar-refractivity contribution in [3.8, 4) is 11.4 Å². The van der Waals surface area contributed by atoms with Crippen LogP contribution in [0.2, 0.25) is 5.02 Å². The number of nitrogens with zero attached hydrogens (tertiary/aromatic N) is 6. The first-order chi connectivity index (χ1) is 12.1. The number of rotatable bonds is 2. The minimum absolute atomic E-state index is 0.0101. The molecule has 10 heteroatoms. The number of aromatic nitrogens is 6. The van der Waals surface area contributed by atoms with Crippen molar-refractivity contribution in [3.63, 3.8) is 0 Å². The highest BCUT2D eigenvalue weighted by Crippen LogP contribution is 2.24. The van der Waals surface area contributed by atoms with Gasteiger partial charge in [0, 0.05) is 43.9 Å². The molecule has 1 aliphatic rings. The van der Waals surface area contributed by atoms with Gasteiger partial charge in [0.15, 0.2) is 5.82 Å². The molecule has 0 spiro atoms. The van der Waals surface area contributed by atoms with Crippen molar-refractivity contribution < 1.29 is 4.39 Å². The number of halogens is 2. The molecule has 1 N–H and O–H groups in total. The summed E-state index contributed by atoms with van der Waals surface area (Å²) in [6, 6.07) is 2.78. The van der Waals surface area contributed by atoms with Crippen LogP contribution in [0.3, 0.4) is 0 Å². The van der Waals surface area contributed by atoms with Crippen LogP contribution in [0, 0.1) is 5.95 Å². The largest absolute Gasteiger partial charge is 0.353 e. The number of hydrogen-bond donors (Lipinski definition) is 1. The second kappa shape index (κ2) is 6.25. The van der Waals surface area contributed by atoms with E-state index in [0.717, 1.165) is 5.82 Å². The molecule has 3 aromatic rings. The first-order valence-corrected chi connectivity index (χ1v) is 8.03. The van der Waals surface area contributed by atoms with Gasteiger partial charge in [-0.15, -0.1) is 10.2 Å². The Morgan fingerprint density at radius 2 is 2.16 bits per heavy atom. The molecular formula is C15H13ClFN7O. The second-order valence-electron chi connectivity index (χ2n) is 5.60. The molecule has 0 unspecified atom stereocenters. The third kappa shape index (κ3) is 2.98. The number of anilines is 1. The van der Waals surface area contributed by atoms with E-state index in [1.807, 2.05) is 9.47 Å². The molecule has 1 aliphatic heterocycles. The van der Waals surface area contributed by atoms with Crippen LogP contribution in [0.25, 0.3) is 11.4 Å². The highest BCUT2D eigenvalue weighted by atomic mass is 35.5. The van der Waals surface area contributed by atoms with Gasteiger partial charge in [0.1, 0.15) is 23.0 Å². The first-order valence-electron chi connectivity index (χ1n) is 7.65. The quantitative estimate of drug-likeness (QED) is 0.691. The van der Waals surface area contributed by atoms with Crippen LogP contribution in [0.15, 0.2) is 29.5 Å². The van der Waals surface area contributed by atoms with E-state index in [9.17, 15) is 9.18 Å². The van der Waals surface area contributed by atoms with Crippen molar-refractivity contribution in [3.05, 3.63) is 51.8 Å². The molecule has 0 saturated carbocycles.